The number of nitrogens with zero attached hydrogens (tertiary/aromatic N) is 4. The van der Waals surface area contributed by atoms with Crippen LogP contribution in [0.25, 0.3) is 11.2 Å². The van der Waals surface area contributed by atoms with Crippen LogP contribution in [0.5, 0.6) is 0 Å². The molecule has 2 aromatic rings. The molecule has 117 valence electrons. The predicted molar refractivity (Wildman–Crippen MR) is 74.8 cm³/mol. The average molecular weight is 380 g/mol. The van der Waals surface area contributed by atoms with Gasteiger partial charge in [-0.3, -0.25) is 4.98 Å². The molecule has 22 heavy (non-hydrogen) atoms. The van der Waals surface area contributed by atoms with Gasteiger partial charge >= 0.3 is 0 Å². The average Bonchev–Trinajstić information content (AvgIpc) is 3.00. The summed E-state index contributed by atoms with van der Waals surface area (Å²) >= 11 is 0. The molecule has 1 radical (unpaired) electrons. The Morgan fingerprint density at radius 3 is 2.77 bits per heavy atom. The van der Waals surface area contributed by atoms with Crippen LogP contribution in [0.1, 0.15) is 24.2 Å². The number of aromatic nitrogens is 4. The minimum Gasteiger partial charge on any atom is -0.382 e. The van der Waals surface area contributed by atoms with Gasteiger partial charge in [-0.15, -0.1) is 0 Å². The van der Waals surface area contributed by atoms with E-state index in [9.17, 15) is 0 Å². The largest absolute Gasteiger partial charge is 0.382 e. The van der Waals surface area contributed by atoms with E-state index in [0.29, 0.717) is 6.61 Å². The number of imidazole rings is 1. The standard InChI is InChI=1S/C14H19N4O3.Y/c1-8-13-14(16-7-15-8)18(9(2)17-13)12-5-10(20-4)11(21-12)6-19-3;/h10-12H,5-6H2,1-4H3;/q-1;/t10?,11-,12-;/m1./s1. The van der Waals surface area contributed by atoms with Crippen molar-refractivity contribution in [3.8, 4) is 0 Å². The van der Waals surface area contributed by atoms with E-state index in [1.165, 1.54) is 0 Å². The van der Waals surface area contributed by atoms with E-state index < -0.39 is 0 Å². The van der Waals surface area contributed by atoms with Crippen LogP contribution in [0.3, 0.4) is 0 Å². The van der Waals surface area contributed by atoms with E-state index in [4.69, 9.17) is 14.2 Å². The van der Waals surface area contributed by atoms with E-state index in [2.05, 4.69) is 21.3 Å². The smallest absolute Gasteiger partial charge is 0.129 e. The topological polar surface area (TPSA) is 71.3 Å². The van der Waals surface area contributed by atoms with E-state index in [0.717, 1.165) is 29.1 Å². The quantitative estimate of drug-likeness (QED) is 0.743. The van der Waals surface area contributed by atoms with Crippen molar-refractivity contribution in [3.63, 3.8) is 0 Å². The molecular formula is C14H19N4O3Y-. The SMILES string of the molecule is COC[C@H]1O[C@@H](n2c(C)nc3c(C)n[c-]nc32)CC1OC.[Y]. The number of aryl methyl sites for hydroxylation is 2. The van der Waals surface area contributed by atoms with E-state index >= 15 is 0 Å². The molecule has 0 N–H and O–H groups in total. The van der Waals surface area contributed by atoms with Crippen molar-refractivity contribution in [2.45, 2.75) is 38.7 Å². The molecule has 0 saturated carbocycles. The molecule has 1 fully saturated rings. The summed E-state index contributed by atoms with van der Waals surface area (Å²) < 4.78 is 18.8. The molecule has 0 spiro atoms. The molecular weight excluding hydrogens is 361 g/mol. The van der Waals surface area contributed by atoms with Gasteiger partial charge in [0.25, 0.3) is 0 Å². The Labute approximate surface area is 154 Å². The van der Waals surface area contributed by atoms with Crippen molar-refractivity contribution in [1.29, 1.82) is 0 Å². The van der Waals surface area contributed by atoms with Crippen molar-refractivity contribution >= 4 is 11.2 Å². The number of hydrogen-bond donors (Lipinski definition) is 0. The first-order chi connectivity index (χ1) is 10.2. The van der Waals surface area contributed by atoms with Gasteiger partial charge in [-0.05, 0) is 12.6 Å². The fraction of sp³-hybridized carbons (Fsp3) is 0.643. The monoisotopic (exact) mass is 380 g/mol. The minimum absolute atomic E-state index is 0. The Balaban J connectivity index is 0.00000176. The van der Waals surface area contributed by atoms with E-state index in [-0.39, 0.29) is 51.1 Å². The van der Waals surface area contributed by atoms with Crippen molar-refractivity contribution < 1.29 is 46.9 Å². The Kier molecular flexibility index (Phi) is 6.02. The van der Waals surface area contributed by atoms with Crippen molar-refractivity contribution in [1.82, 2.24) is 19.5 Å². The van der Waals surface area contributed by atoms with Crippen LogP contribution in [-0.2, 0) is 46.9 Å². The zero-order valence-electron chi connectivity index (χ0n) is 13.2. The van der Waals surface area contributed by atoms with Crippen LogP contribution in [0.2, 0.25) is 0 Å². The maximum atomic E-state index is 6.08. The number of methoxy groups -OCH3 is 2. The van der Waals surface area contributed by atoms with Gasteiger partial charge in [0.2, 0.25) is 0 Å². The molecule has 1 aliphatic heterocycles. The first-order valence-electron chi connectivity index (χ1n) is 6.92. The van der Waals surface area contributed by atoms with Gasteiger partial charge in [0.05, 0.1) is 24.2 Å². The van der Waals surface area contributed by atoms with Gasteiger partial charge in [0, 0.05) is 65.2 Å². The summed E-state index contributed by atoms with van der Waals surface area (Å²) in [6.45, 7) is 4.34. The summed E-state index contributed by atoms with van der Waals surface area (Å²) in [6, 6.07) is 0. The van der Waals surface area contributed by atoms with Crippen LogP contribution in [0, 0.1) is 20.2 Å². The molecule has 3 rings (SSSR count). The molecule has 2 aromatic heterocycles. The second-order valence-corrected chi connectivity index (χ2v) is 5.20. The fourth-order valence-electron chi connectivity index (χ4n) is 2.85. The van der Waals surface area contributed by atoms with Crippen LogP contribution < -0.4 is 0 Å². The molecule has 7 nitrogen and oxygen atoms in total. The first-order valence-corrected chi connectivity index (χ1v) is 6.92. The molecule has 1 unspecified atom stereocenters. The summed E-state index contributed by atoms with van der Waals surface area (Å²) in [6.07, 6.45) is 3.15. The zero-order valence-corrected chi connectivity index (χ0v) is 16.1. The van der Waals surface area contributed by atoms with Gasteiger partial charge < -0.3 is 28.7 Å². The van der Waals surface area contributed by atoms with Crippen LogP contribution >= 0.6 is 0 Å². The molecule has 3 atom stereocenters. The summed E-state index contributed by atoms with van der Waals surface area (Å²) in [7, 11) is 3.35. The van der Waals surface area contributed by atoms with Gasteiger partial charge in [0.15, 0.2) is 0 Å². The number of fused-ring (bicyclic) bond motifs is 1. The summed E-state index contributed by atoms with van der Waals surface area (Å²) in [5.74, 6) is 0.847. The van der Waals surface area contributed by atoms with Crippen LogP contribution in [0.15, 0.2) is 0 Å². The van der Waals surface area contributed by atoms with Gasteiger partial charge in [-0.2, -0.15) is 0 Å². The Morgan fingerprint density at radius 1 is 1.32 bits per heavy atom. The zero-order chi connectivity index (χ0) is 15.0. The molecule has 0 bridgehead atoms. The Bertz CT molecular complexity index is 648. The van der Waals surface area contributed by atoms with Crippen molar-refractivity contribution in [2.24, 2.45) is 0 Å². The van der Waals surface area contributed by atoms with Crippen LogP contribution in [-0.4, -0.2) is 52.6 Å². The van der Waals surface area contributed by atoms with Gasteiger partial charge in [-0.1, -0.05) is 6.92 Å². The van der Waals surface area contributed by atoms with E-state index in [1.807, 2.05) is 18.4 Å². The van der Waals surface area contributed by atoms with Crippen molar-refractivity contribution in [3.05, 3.63) is 17.8 Å². The summed E-state index contributed by atoms with van der Waals surface area (Å²) in [5.41, 5.74) is 2.36. The summed E-state index contributed by atoms with van der Waals surface area (Å²) in [5, 5.41) is 0. The van der Waals surface area contributed by atoms with E-state index in [1.54, 1.807) is 14.2 Å². The van der Waals surface area contributed by atoms with Gasteiger partial charge in [-0.25, -0.2) is 0 Å². The Hall–Kier alpha value is -0.466. The van der Waals surface area contributed by atoms with Gasteiger partial charge in [0.1, 0.15) is 12.3 Å². The Morgan fingerprint density at radius 2 is 2.09 bits per heavy atom. The van der Waals surface area contributed by atoms with Crippen molar-refractivity contribution in [2.75, 3.05) is 20.8 Å². The first kappa shape index (κ1) is 17.9. The molecule has 8 heteroatoms. The third-order valence-electron chi connectivity index (χ3n) is 3.88. The molecule has 3 heterocycles. The maximum absolute atomic E-state index is 6.08. The molecule has 1 saturated heterocycles. The molecule has 1 aliphatic rings. The number of rotatable bonds is 4. The second kappa shape index (κ2) is 7.40. The molecule has 0 aliphatic carbocycles. The molecule has 0 aromatic carbocycles. The number of ether oxygens (including phenoxy) is 3. The number of hydrogen-bond acceptors (Lipinski definition) is 6. The second-order valence-electron chi connectivity index (χ2n) is 5.20. The summed E-state index contributed by atoms with van der Waals surface area (Å²) in [4.78, 5) is 12.9. The fourth-order valence-corrected chi connectivity index (χ4v) is 2.85. The minimum atomic E-state index is -0.164. The molecule has 0 amide bonds. The maximum Gasteiger partial charge on any atom is 0.129 e. The third kappa shape index (κ3) is 3.10. The third-order valence-corrected chi connectivity index (χ3v) is 3.88. The normalized spacial score (nSPS) is 24.6. The van der Waals surface area contributed by atoms with Crippen LogP contribution in [0.4, 0.5) is 0 Å². The predicted octanol–water partition coefficient (Wildman–Crippen LogP) is 1.19.